The van der Waals surface area contributed by atoms with Crippen molar-refractivity contribution >= 4 is 28.7 Å². The lowest BCUT2D eigenvalue weighted by atomic mass is 10.1. The Bertz CT molecular complexity index is 1190. The van der Waals surface area contributed by atoms with Gasteiger partial charge in [-0.15, -0.1) is 0 Å². The van der Waals surface area contributed by atoms with Crippen LogP contribution in [0.25, 0.3) is 11.1 Å². The first-order chi connectivity index (χ1) is 15.3. The predicted octanol–water partition coefficient (Wildman–Crippen LogP) is 2.48. The fraction of sp³-hybridized carbons (Fsp3) is 0.381. The first-order valence-electron chi connectivity index (χ1n) is 9.94. The summed E-state index contributed by atoms with van der Waals surface area (Å²) in [5, 5.41) is 6.28. The number of ether oxygens (including phenoxy) is 3. The Morgan fingerprint density at radius 1 is 1.16 bits per heavy atom. The average Bonchev–Trinajstić information content (AvgIpc) is 3.20. The van der Waals surface area contributed by atoms with E-state index in [1.54, 1.807) is 39.0 Å². The van der Waals surface area contributed by atoms with Crippen LogP contribution in [0.4, 0.5) is 5.69 Å². The Hall–Kier alpha value is -3.89. The zero-order chi connectivity index (χ0) is 23.4. The maximum Gasteiger partial charge on any atom is 0.361 e. The summed E-state index contributed by atoms with van der Waals surface area (Å²) in [5.74, 6) is -0.0375. The molecule has 1 atom stereocenters. The molecule has 0 saturated carbocycles. The molecule has 3 rings (SSSR count). The van der Waals surface area contributed by atoms with Crippen LogP contribution in [0.2, 0.25) is 0 Å². The summed E-state index contributed by atoms with van der Waals surface area (Å²) in [7, 11) is 3.00. The molecule has 0 unspecified atom stereocenters. The minimum atomic E-state index is -0.915. The van der Waals surface area contributed by atoms with Crippen LogP contribution in [-0.4, -0.2) is 47.4 Å². The number of aryl methyl sites for hydroxylation is 1. The normalized spacial score (nSPS) is 11.8. The summed E-state index contributed by atoms with van der Waals surface area (Å²) in [4.78, 5) is 42.8. The number of fused-ring (bicyclic) bond motifs is 1. The highest BCUT2D eigenvalue weighted by Crippen LogP contribution is 2.27. The van der Waals surface area contributed by atoms with Gasteiger partial charge in [0, 0.05) is 23.9 Å². The Labute approximate surface area is 183 Å². The molecule has 170 valence electrons. The number of rotatable bonds is 8. The number of nitrogens with one attached hydrogen (secondary N) is 1. The molecular formula is C21H24N4O7. The molecule has 0 aliphatic carbocycles. The van der Waals surface area contributed by atoms with Crippen molar-refractivity contribution in [2.75, 3.05) is 26.1 Å². The van der Waals surface area contributed by atoms with E-state index in [1.165, 1.54) is 18.8 Å². The summed E-state index contributed by atoms with van der Waals surface area (Å²) in [6.07, 6.45) is 0.279. The first-order valence-corrected chi connectivity index (χ1v) is 9.94. The molecule has 0 spiro atoms. The highest BCUT2D eigenvalue weighted by molar-refractivity contribution is 6.00. The first kappa shape index (κ1) is 22.8. The number of hydrogen-bond acceptors (Lipinski definition) is 9. The third-order valence-corrected chi connectivity index (χ3v) is 4.81. The van der Waals surface area contributed by atoms with E-state index < -0.39 is 23.5 Å². The van der Waals surface area contributed by atoms with Gasteiger partial charge in [-0.2, -0.15) is 4.98 Å². The van der Waals surface area contributed by atoms with Crippen molar-refractivity contribution in [2.45, 2.75) is 33.2 Å². The largest absolute Gasteiger partial charge is 0.497 e. The SMILES string of the molecule is CCOC(=O)c1noc2nc(C)n([C@@H](CC)C(=O)Nc3cc(OC)cc(OC)c3)c(=O)c12. The van der Waals surface area contributed by atoms with E-state index in [4.69, 9.17) is 18.7 Å². The summed E-state index contributed by atoms with van der Waals surface area (Å²) in [6.45, 7) is 5.06. The van der Waals surface area contributed by atoms with Crippen molar-refractivity contribution in [3.8, 4) is 11.5 Å². The van der Waals surface area contributed by atoms with E-state index in [0.29, 0.717) is 17.2 Å². The lowest BCUT2D eigenvalue weighted by molar-refractivity contribution is -0.119. The summed E-state index contributed by atoms with van der Waals surface area (Å²) < 4.78 is 21.7. The number of benzene rings is 1. The molecule has 0 radical (unpaired) electrons. The van der Waals surface area contributed by atoms with Crippen LogP contribution in [0.15, 0.2) is 27.5 Å². The molecule has 32 heavy (non-hydrogen) atoms. The maximum absolute atomic E-state index is 13.3. The second kappa shape index (κ2) is 9.50. The van der Waals surface area contributed by atoms with Gasteiger partial charge in [-0.25, -0.2) is 4.79 Å². The number of nitrogens with zero attached hydrogens (tertiary/aromatic N) is 3. The number of anilines is 1. The molecule has 1 N–H and O–H groups in total. The van der Waals surface area contributed by atoms with Crippen molar-refractivity contribution in [1.82, 2.24) is 14.7 Å². The fourth-order valence-electron chi connectivity index (χ4n) is 3.32. The van der Waals surface area contributed by atoms with Crippen LogP contribution in [0.5, 0.6) is 11.5 Å². The summed E-state index contributed by atoms with van der Waals surface area (Å²) >= 11 is 0. The Morgan fingerprint density at radius 3 is 2.38 bits per heavy atom. The molecule has 3 aromatic rings. The van der Waals surface area contributed by atoms with Gasteiger partial charge >= 0.3 is 5.97 Å². The smallest absolute Gasteiger partial charge is 0.361 e. The van der Waals surface area contributed by atoms with E-state index in [2.05, 4.69) is 15.5 Å². The Balaban J connectivity index is 2.04. The molecule has 0 aliphatic rings. The number of hydrogen-bond donors (Lipinski definition) is 1. The number of methoxy groups -OCH3 is 2. The molecular weight excluding hydrogens is 420 g/mol. The van der Waals surface area contributed by atoms with Gasteiger partial charge in [0.05, 0.1) is 20.8 Å². The fourth-order valence-corrected chi connectivity index (χ4v) is 3.32. The minimum absolute atomic E-state index is 0.0976. The van der Waals surface area contributed by atoms with Gasteiger partial charge in [0.25, 0.3) is 11.3 Å². The van der Waals surface area contributed by atoms with Crippen molar-refractivity contribution < 1.29 is 28.3 Å². The minimum Gasteiger partial charge on any atom is -0.497 e. The molecule has 1 aromatic carbocycles. The van der Waals surface area contributed by atoms with Gasteiger partial charge in [-0.05, 0) is 20.3 Å². The van der Waals surface area contributed by atoms with Gasteiger partial charge in [0.15, 0.2) is 0 Å². The molecule has 11 nitrogen and oxygen atoms in total. The Kier molecular flexibility index (Phi) is 6.76. The molecule has 2 aromatic heterocycles. The van der Waals surface area contributed by atoms with E-state index in [1.807, 2.05) is 0 Å². The van der Waals surface area contributed by atoms with E-state index in [9.17, 15) is 14.4 Å². The van der Waals surface area contributed by atoms with Gasteiger partial charge < -0.3 is 24.1 Å². The van der Waals surface area contributed by atoms with Crippen molar-refractivity contribution in [3.63, 3.8) is 0 Å². The van der Waals surface area contributed by atoms with Crippen LogP contribution in [0.3, 0.4) is 0 Å². The van der Waals surface area contributed by atoms with Crippen LogP contribution >= 0.6 is 0 Å². The number of amides is 1. The Morgan fingerprint density at radius 2 is 1.81 bits per heavy atom. The lowest BCUT2D eigenvalue weighted by Crippen LogP contribution is -2.35. The topological polar surface area (TPSA) is 135 Å². The highest BCUT2D eigenvalue weighted by atomic mass is 16.5. The van der Waals surface area contributed by atoms with Crippen molar-refractivity contribution in [2.24, 2.45) is 0 Å². The number of aromatic nitrogens is 3. The summed E-state index contributed by atoms with van der Waals surface area (Å²) in [5.41, 5.74) is -0.566. The summed E-state index contributed by atoms with van der Waals surface area (Å²) in [6, 6.07) is 4.01. The van der Waals surface area contributed by atoms with Crippen LogP contribution in [-0.2, 0) is 9.53 Å². The maximum atomic E-state index is 13.3. The second-order valence-corrected chi connectivity index (χ2v) is 6.78. The molecule has 11 heteroatoms. The number of esters is 1. The highest BCUT2D eigenvalue weighted by Gasteiger charge is 2.28. The van der Waals surface area contributed by atoms with Crippen molar-refractivity contribution in [1.29, 1.82) is 0 Å². The zero-order valence-corrected chi connectivity index (χ0v) is 18.4. The van der Waals surface area contributed by atoms with Crippen molar-refractivity contribution in [3.05, 3.63) is 40.1 Å². The number of carbonyl (C=O) groups excluding carboxylic acids is 2. The molecule has 1 amide bonds. The van der Waals surface area contributed by atoms with E-state index in [0.717, 1.165) is 0 Å². The zero-order valence-electron chi connectivity index (χ0n) is 18.4. The quantitative estimate of drug-likeness (QED) is 0.520. The predicted molar refractivity (Wildman–Crippen MR) is 114 cm³/mol. The number of carbonyl (C=O) groups is 2. The van der Waals surface area contributed by atoms with Crippen LogP contribution in [0.1, 0.15) is 42.6 Å². The third-order valence-electron chi connectivity index (χ3n) is 4.81. The van der Waals surface area contributed by atoms with Gasteiger partial charge in [0.1, 0.15) is 28.8 Å². The van der Waals surface area contributed by atoms with Gasteiger partial charge in [-0.1, -0.05) is 12.1 Å². The molecule has 2 heterocycles. The van der Waals surface area contributed by atoms with Crippen LogP contribution < -0.4 is 20.3 Å². The van der Waals surface area contributed by atoms with E-state index >= 15 is 0 Å². The molecule has 0 aliphatic heterocycles. The van der Waals surface area contributed by atoms with E-state index in [-0.39, 0.29) is 35.6 Å². The standard InChI is InChI=1S/C21H24N4O7/c1-6-15(18(26)23-12-8-13(29-4)10-14(9-12)30-5)25-11(3)22-19-16(20(25)27)17(24-32-19)21(28)31-7-2/h8-10,15H,6-7H2,1-5H3,(H,23,26)/t15-/m0/s1. The third kappa shape index (κ3) is 4.27. The molecule has 0 fully saturated rings. The monoisotopic (exact) mass is 444 g/mol. The van der Waals surface area contributed by atoms with Gasteiger partial charge in [-0.3, -0.25) is 14.2 Å². The second-order valence-electron chi connectivity index (χ2n) is 6.78. The van der Waals surface area contributed by atoms with Gasteiger partial charge in [0.2, 0.25) is 11.6 Å². The molecule has 0 saturated heterocycles. The lowest BCUT2D eigenvalue weighted by Gasteiger charge is -2.20. The average molecular weight is 444 g/mol. The molecule has 0 bridgehead atoms. The van der Waals surface area contributed by atoms with Crippen LogP contribution in [0, 0.1) is 6.92 Å².